The van der Waals surface area contributed by atoms with Crippen LogP contribution in [0.1, 0.15) is 40.0 Å². The maximum Gasteiger partial charge on any atom is 0.344 e. The molecule has 0 aromatic rings. The number of ether oxygens (including phenoxy) is 2. The van der Waals surface area contributed by atoms with Crippen molar-refractivity contribution in [2.45, 2.75) is 52.2 Å². The van der Waals surface area contributed by atoms with Gasteiger partial charge in [-0.15, -0.1) is 0 Å². The normalized spacial score (nSPS) is 46.5. The van der Waals surface area contributed by atoms with Crippen molar-refractivity contribution in [3.63, 3.8) is 0 Å². The van der Waals surface area contributed by atoms with Crippen LogP contribution in [0.3, 0.4) is 0 Å². The van der Waals surface area contributed by atoms with Gasteiger partial charge in [-0.05, 0) is 42.1 Å². The number of carbonyl (C=O) groups is 1. The average Bonchev–Trinajstić information content (AvgIpc) is 2.81. The summed E-state index contributed by atoms with van der Waals surface area (Å²) in [5.41, 5.74) is 0.526. The molecule has 2 bridgehead atoms. The number of rotatable bonds is 2. The van der Waals surface area contributed by atoms with Gasteiger partial charge >= 0.3 is 5.97 Å². The van der Waals surface area contributed by atoms with Crippen LogP contribution in [-0.2, 0) is 14.3 Å². The summed E-state index contributed by atoms with van der Waals surface area (Å²) in [5, 5.41) is 0. The minimum atomic E-state index is -0.480. The highest BCUT2D eigenvalue weighted by Gasteiger charge is 2.62. The van der Waals surface area contributed by atoms with Crippen LogP contribution in [0.15, 0.2) is 12.3 Å². The van der Waals surface area contributed by atoms with Crippen molar-refractivity contribution in [1.82, 2.24) is 0 Å². The van der Waals surface area contributed by atoms with E-state index in [9.17, 15) is 4.79 Å². The van der Waals surface area contributed by atoms with E-state index in [1.165, 1.54) is 19.1 Å². The Morgan fingerprint density at radius 1 is 1.41 bits per heavy atom. The van der Waals surface area contributed by atoms with Gasteiger partial charge < -0.3 is 9.47 Å². The lowest BCUT2D eigenvalue weighted by Gasteiger charge is -2.39. The lowest BCUT2D eigenvalue weighted by Crippen LogP contribution is -2.40. The summed E-state index contributed by atoms with van der Waals surface area (Å²) in [6.07, 6.45) is 6.46. The zero-order valence-corrected chi connectivity index (χ0v) is 10.7. The first-order valence-electron chi connectivity index (χ1n) is 6.48. The minimum Gasteiger partial charge on any atom is -0.433 e. The Kier molecular flexibility index (Phi) is 2.22. The van der Waals surface area contributed by atoms with E-state index in [0.29, 0.717) is 5.41 Å². The maximum atomic E-state index is 11.4. The summed E-state index contributed by atoms with van der Waals surface area (Å²) in [5.74, 6) is 0.466. The molecule has 3 aliphatic rings. The van der Waals surface area contributed by atoms with Crippen LogP contribution < -0.4 is 0 Å². The van der Waals surface area contributed by atoms with Crippen LogP contribution >= 0.6 is 0 Å². The first kappa shape index (κ1) is 11.3. The predicted octanol–water partition coefficient (Wildman–Crippen LogP) is 2.66. The number of fused-ring (bicyclic) bond motifs is 2. The summed E-state index contributed by atoms with van der Waals surface area (Å²) >= 11 is 0. The second kappa shape index (κ2) is 3.35. The average molecular weight is 236 g/mol. The molecule has 4 unspecified atom stereocenters. The highest BCUT2D eigenvalue weighted by Crippen LogP contribution is 2.66. The van der Waals surface area contributed by atoms with E-state index in [-0.39, 0.29) is 17.5 Å². The molecule has 1 heterocycles. The largest absolute Gasteiger partial charge is 0.433 e. The Morgan fingerprint density at radius 2 is 2.18 bits per heavy atom. The van der Waals surface area contributed by atoms with Crippen molar-refractivity contribution in [2.24, 2.45) is 16.7 Å². The summed E-state index contributed by atoms with van der Waals surface area (Å²) < 4.78 is 10.8. The fourth-order valence-corrected chi connectivity index (χ4v) is 3.94. The monoisotopic (exact) mass is 236 g/mol. The lowest BCUT2D eigenvalue weighted by molar-refractivity contribution is -0.153. The molecule has 3 rings (SSSR count). The van der Waals surface area contributed by atoms with E-state index >= 15 is 0 Å². The van der Waals surface area contributed by atoms with Crippen LogP contribution in [0.25, 0.3) is 0 Å². The van der Waals surface area contributed by atoms with E-state index in [2.05, 4.69) is 20.8 Å². The van der Waals surface area contributed by atoms with Crippen molar-refractivity contribution in [3.05, 3.63) is 12.3 Å². The minimum absolute atomic E-state index is 0.191. The fourth-order valence-electron chi connectivity index (χ4n) is 3.94. The molecule has 0 aromatic heterocycles. The van der Waals surface area contributed by atoms with Gasteiger partial charge in [0, 0.05) is 0 Å². The van der Waals surface area contributed by atoms with Crippen LogP contribution in [0.4, 0.5) is 0 Å². The van der Waals surface area contributed by atoms with Gasteiger partial charge in [0.2, 0.25) is 0 Å². The lowest BCUT2D eigenvalue weighted by atomic mass is 9.70. The van der Waals surface area contributed by atoms with E-state index < -0.39 is 6.10 Å². The summed E-state index contributed by atoms with van der Waals surface area (Å²) in [6, 6.07) is 0. The molecule has 0 amide bonds. The Morgan fingerprint density at radius 3 is 2.65 bits per heavy atom. The Balaban J connectivity index is 1.78. The third-order valence-electron chi connectivity index (χ3n) is 5.69. The molecule has 0 aromatic carbocycles. The molecule has 2 aliphatic carbocycles. The second-order valence-electron chi connectivity index (χ2n) is 6.42. The molecule has 2 saturated carbocycles. The zero-order chi connectivity index (χ0) is 12.3. The van der Waals surface area contributed by atoms with Crippen LogP contribution in [0, 0.1) is 16.7 Å². The molecule has 94 valence electrons. The summed E-state index contributed by atoms with van der Waals surface area (Å²) in [4.78, 5) is 11.4. The van der Waals surface area contributed by atoms with Crippen molar-refractivity contribution in [2.75, 3.05) is 0 Å². The zero-order valence-electron chi connectivity index (χ0n) is 10.7. The van der Waals surface area contributed by atoms with Crippen molar-refractivity contribution in [1.29, 1.82) is 0 Å². The molecule has 0 saturated heterocycles. The number of cyclic esters (lactones) is 1. The molecule has 17 heavy (non-hydrogen) atoms. The van der Waals surface area contributed by atoms with Gasteiger partial charge in [-0.2, -0.15) is 0 Å². The fraction of sp³-hybridized carbons (Fsp3) is 0.786. The smallest absolute Gasteiger partial charge is 0.344 e. The SMILES string of the molecule is CC1(C)C2CCC1(C)C(OC1C=COC1=O)C2. The predicted molar refractivity (Wildman–Crippen MR) is 63.1 cm³/mol. The highest BCUT2D eigenvalue weighted by molar-refractivity contribution is 5.79. The van der Waals surface area contributed by atoms with E-state index in [1.54, 1.807) is 6.08 Å². The second-order valence-corrected chi connectivity index (χ2v) is 6.42. The third-order valence-corrected chi connectivity index (χ3v) is 5.69. The number of carbonyl (C=O) groups excluding carboxylic acids is 1. The Bertz CT molecular complexity index is 385. The first-order valence-corrected chi connectivity index (χ1v) is 6.48. The third kappa shape index (κ3) is 1.35. The number of hydrogen-bond donors (Lipinski definition) is 0. The van der Waals surface area contributed by atoms with Gasteiger partial charge in [-0.1, -0.05) is 20.8 Å². The van der Waals surface area contributed by atoms with E-state index in [1.807, 2.05) is 0 Å². The van der Waals surface area contributed by atoms with Crippen LogP contribution in [0.5, 0.6) is 0 Å². The standard InChI is InChI=1S/C14H20O3/c1-13(2)9-4-6-14(13,3)11(8-9)17-10-5-7-16-12(10)15/h5,7,9-11H,4,6,8H2,1-3H3. The molecule has 1 aliphatic heterocycles. The van der Waals surface area contributed by atoms with Crippen LogP contribution in [-0.4, -0.2) is 18.2 Å². The van der Waals surface area contributed by atoms with Gasteiger partial charge in [-0.25, -0.2) is 4.79 Å². The molecular weight excluding hydrogens is 216 g/mol. The summed E-state index contributed by atoms with van der Waals surface area (Å²) in [6.45, 7) is 7.00. The van der Waals surface area contributed by atoms with Gasteiger partial charge in [0.05, 0.1) is 12.4 Å². The topological polar surface area (TPSA) is 35.5 Å². The van der Waals surface area contributed by atoms with E-state index in [4.69, 9.17) is 9.47 Å². The number of esters is 1. The number of hydrogen-bond acceptors (Lipinski definition) is 3. The van der Waals surface area contributed by atoms with Crippen molar-refractivity contribution in [3.8, 4) is 0 Å². The maximum absolute atomic E-state index is 11.4. The van der Waals surface area contributed by atoms with E-state index in [0.717, 1.165) is 12.3 Å². The Hall–Kier alpha value is -0.830. The van der Waals surface area contributed by atoms with Crippen molar-refractivity contribution >= 4 is 5.97 Å². The quantitative estimate of drug-likeness (QED) is 0.691. The molecule has 0 radical (unpaired) electrons. The molecule has 3 nitrogen and oxygen atoms in total. The van der Waals surface area contributed by atoms with Gasteiger partial charge in [-0.3, -0.25) is 0 Å². The van der Waals surface area contributed by atoms with Gasteiger partial charge in [0.15, 0.2) is 6.10 Å². The van der Waals surface area contributed by atoms with Gasteiger partial charge in [0.1, 0.15) is 0 Å². The summed E-state index contributed by atoms with van der Waals surface area (Å²) in [7, 11) is 0. The first-order chi connectivity index (χ1) is 7.95. The molecule has 0 spiro atoms. The molecule has 4 atom stereocenters. The Labute approximate surface area is 102 Å². The molecule has 0 N–H and O–H groups in total. The van der Waals surface area contributed by atoms with Crippen LogP contribution in [0.2, 0.25) is 0 Å². The molecular formula is C14H20O3. The molecule has 2 fully saturated rings. The van der Waals surface area contributed by atoms with Gasteiger partial charge in [0.25, 0.3) is 0 Å². The molecule has 3 heteroatoms. The van der Waals surface area contributed by atoms with Crippen molar-refractivity contribution < 1.29 is 14.3 Å². The highest BCUT2D eigenvalue weighted by atomic mass is 16.6.